The summed E-state index contributed by atoms with van der Waals surface area (Å²) >= 11 is 8.09. The lowest BCUT2D eigenvalue weighted by atomic mass is 9.98. The summed E-state index contributed by atoms with van der Waals surface area (Å²) in [6.07, 6.45) is 5.71. The Morgan fingerprint density at radius 3 is 2.86 bits per heavy atom. The molecule has 1 aliphatic carbocycles. The molecule has 1 aliphatic rings. The van der Waals surface area contributed by atoms with Gasteiger partial charge in [-0.25, -0.2) is 4.39 Å². The van der Waals surface area contributed by atoms with Gasteiger partial charge in [0.2, 0.25) is 0 Å². The van der Waals surface area contributed by atoms with Crippen molar-refractivity contribution in [3.63, 3.8) is 0 Å². The second-order valence-electron chi connectivity index (χ2n) is 5.59. The summed E-state index contributed by atoms with van der Waals surface area (Å²) in [7, 11) is 1.95. The largest absolute Gasteiger partial charge is 0.312 e. The van der Waals surface area contributed by atoms with Crippen molar-refractivity contribution in [1.82, 2.24) is 5.32 Å². The van der Waals surface area contributed by atoms with E-state index < -0.39 is 0 Å². The standard InChI is InChI=1S/C17H19ClFNS/c1-20-15(9-12-8-13(19)6-7-14(12)18)17-10-11-4-2-3-5-16(11)21-17/h6-8,10,15,20H,2-5,9H2,1H3. The first-order chi connectivity index (χ1) is 10.2. The Kier molecular flexibility index (Phi) is 4.63. The fourth-order valence-electron chi connectivity index (χ4n) is 2.95. The molecule has 0 radical (unpaired) electrons. The average molecular weight is 324 g/mol. The van der Waals surface area contributed by atoms with Crippen molar-refractivity contribution < 1.29 is 4.39 Å². The van der Waals surface area contributed by atoms with Crippen molar-refractivity contribution >= 4 is 22.9 Å². The highest BCUT2D eigenvalue weighted by Crippen LogP contribution is 2.34. The fraction of sp³-hybridized carbons (Fsp3) is 0.412. The first-order valence-corrected chi connectivity index (χ1v) is 8.59. The molecule has 0 bridgehead atoms. The summed E-state index contributed by atoms with van der Waals surface area (Å²) in [6, 6.07) is 7.11. The molecule has 21 heavy (non-hydrogen) atoms. The quantitative estimate of drug-likeness (QED) is 0.842. The molecule has 3 rings (SSSR count). The van der Waals surface area contributed by atoms with Crippen LogP contribution in [-0.4, -0.2) is 7.05 Å². The van der Waals surface area contributed by atoms with Crippen molar-refractivity contribution in [3.05, 3.63) is 56.0 Å². The molecule has 0 saturated carbocycles. The lowest BCUT2D eigenvalue weighted by Gasteiger charge is -2.15. The first-order valence-electron chi connectivity index (χ1n) is 7.40. The van der Waals surface area contributed by atoms with E-state index in [1.54, 1.807) is 12.1 Å². The third-order valence-corrected chi connectivity index (χ3v) is 5.86. The molecular weight excluding hydrogens is 305 g/mol. The third-order valence-electron chi connectivity index (χ3n) is 4.14. The van der Waals surface area contributed by atoms with Crippen molar-refractivity contribution in [3.8, 4) is 0 Å². The van der Waals surface area contributed by atoms with E-state index in [2.05, 4.69) is 11.4 Å². The smallest absolute Gasteiger partial charge is 0.123 e. The number of halogens is 2. The molecule has 112 valence electrons. The molecule has 1 nitrogen and oxygen atoms in total. The monoisotopic (exact) mass is 323 g/mol. The molecule has 4 heteroatoms. The molecule has 1 heterocycles. The minimum absolute atomic E-state index is 0.194. The number of aryl methyl sites for hydroxylation is 2. The van der Waals surface area contributed by atoms with Gasteiger partial charge in [0.25, 0.3) is 0 Å². The zero-order chi connectivity index (χ0) is 14.8. The highest BCUT2D eigenvalue weighted by molar-refractivity contribution is 7.12. The van der Waals surface area contributed by atoms with Crippen LogP contribution in [0.5, 0.6) is 0 Å². The average Bonchev–Trinajstić information content (AvgIpc) is 2.91. The Labute approximate surface area is 134 Å². The minimum Gasteiger partial charge on any atom is -0.312 e. The zero-order valence-electron chi connectivity index (χ0n) is 12.1. The Morgan fingerprint density at radius 1 is 1.29 bits per heavy atom. The summed E-state index contributed by atoms with van der Waals surface area (Å²) in [5, 5.41) is 3.99. The Bertz CT molecular complexity index is 614. The zero-order valence-corrected chi connectivity index (χ0v) is 13.7. The van der Waals surface area contributed by atoms with Crippen LogP contribution in [-0.2, 0) is 19.3 Å². The van der Waals surface area contributed by atoms with Gasteiger partial charge in [0, 0.05) is 20.8 Å². The number of rotatable bonds is 4. The third kappa shape index (κ3) is 3.31. The fourth-order valence-corrected chi connectivity index (χ4v) is 4.51. The van der Waals surface area contributed by atoms with E-state index in [0.29, 0.717) is 11.4 Å². The Hall–Kier alpha value is -0.900. The second kappa shape index (κ2) is 6.47. The van der Waals surface area contributed by atoms with Crippen molar-refractivity contribution in [2.24, 2.45) is 0 Å². The van der Waals surface area contributed by atoms with Crippen LogP contribution < -0.4 is 5.32 Å². The van der Waals surface area contributed by atoms with Crippen LogP contribution >= 0.6 is 22.9 Å². The number of benzene rings is 1. The number of fused-ring (bicyclic) bond motifs is 1. The molecule has 1 atom stereocenters. The van der Waals surface area contributed by atoms with Crippen LogP contribution in [0.1, 0.15) is 39.8 Å². The number of likely N-dealkylation sites (N-methyl/N-ethyl adjacent to an activating group) is 1. The van der Waals surface area contributed by atoms with Gasteiger partial charge in [-0.05, 0) is 74.5 Å². The SMILES string of the molecule is CNC(Cc1cc(F)ccc1Cl)c1cc2c(s1)CCCC2. The maximum absolute atomic E-state index is 13.4. The van der Waals surface area contributed by atoms with Gasteiger partial charge in [0.15, 0.2) is 0 Å². The van der Waals surface area contributed by atoms with Crippen LogP contribution in [0, 0.1) is 5.82 Å². The Balaban J connectivity index is 1.84. The van der Waals surface area contributed by atoms with E-state index in [4.69, 9.17) is 11.6 Å². The van der Waals surface area contributed by atoms with Gasteiger partial charge < -0.3 is 5.32 Å². The summed E-state index contributed by atoms with van der Waals surface area (Å²) in [5.41, 5.74) is 2.37. The maximum Gasteiger partial charge on any atom is 0.123 e. The summed E-state index contributed by atoms with van der Waals surface area (Å²) in [6.45, 7) is 0. The van der Waals surface area contributed by atoms with E-state index in [9.17, 15) is 4.39 Å². The molecule has 0 amide bonds. The topological polar surface area (TPSA) is 12.0 Å². The van der Waals surface area contributed by atoms with E-state index >= 15 is 0 Å². The molecular formula is C17H19ClFNS. The molecule has 1 unspecified atom stereocenters. The van der Waals surface area contributed by atoms with Gasteiger partial charge in [-0.3, -0.25) is 0 Å². The van der Waals surface area contributed by atoms with Gasteiger partial charge in [-0.15, -0.1) is 11.3 Å². The van der Waals surface area contributed by atoms with Gasteiger partial charge in [0.1, 0.15) is 5.82 Å². The van der Waals surface area contributed by atoms with Crippen LogP contribution in [0.3, 0.4) is 0 Å². The van der Waals surface area contributed by atoms with E-state index in [-0.39, 0.29) is 11.9 Å². The molecule has 1 aromatic heterocycles. The van der Waals surface area contributed by atoms with Gasteiger partial charge in [-0.2, -0.15) is 0 Å². The first kappa shape index (κ1) is 15.0. The summed E-state index contributed by atoms with van der Waals surface area (Å²) in [5.74, 6) is -0.227. The highest BCUT2D eigenvalue weighted by Gasteiger charge is 2.19. The number of hydrogen-bond acceptors (Lipinski definition) is 2. The predicted octanol–water partition coefficient (Wildman–Crippen LogP) is 4.92. The van der Waals surface area contributed by atoms with E-state index in [0.717, 1.165) is 5.56 Å². The maximum atomic E-state index is 13.4. The lowest BCUT2D eigenvalue weighted by molar-refractivity contribution is 0.591. The van der Waals surface area contributed by atoms with Gasteiger partial charge in [0.05, 0.1) is 0 Å². The summed E-state index contributed by atoms with van der Waals surface area (Å²) in [4.78, 5) is 2.87. The minimum atomic E-state index is -0.227. The highest BCUT2D eigenvalue weighted by atomic mass is 35.5. The molecule has 0 saturated heterocycles. The number of hydrogen-bond donors (Lipinski definition) is 1. The molecule has 1 aromatic carbocycles. The number of thiophene rings is 1. The molecule has 0 spiro atoms. The number of nitrogens with one attached hydrogen (secondary N) is 1. The Morgan fingerprint density at radius 2 is 2.10 bits per heavy atom. The molecule has 2 aromatic rings. The molecule has 1 N–H and O–H groups in total. The normalized spacial score (nSPS) is 15.8. The summed E-state index contributed by atoms with van der Waals surface area (Å²) < 4.78 is 13.4. The second-order valence-corrected chi connectivity index (χ2v) is 7.16. The van der Waals surface area contributed by atoms with Crippen LogP contribution in [0.25, 0.3) is 0 Å². The van der Waals surface area contributed by atoms with Gasteiger partial charge >= 0.3 is 0 Å². The predicted molar refractivity (Wildman–Crippen MR) is 87.9 cm³/mol. The van der Waals surface area contributed by atoms with E-state index in [1.165, 1.54) is 47.1 Å². The van der Waals surface area contributed by atoms with Crippen molar-refractivity contribution in [1.29, 1.82) is 0 Å². The van der Waals surface area contributed by atoms with Crippen LogP contribution in [0.15, 0.2) is 24.3 Å². The van der Waals surface area contributed by atoms with Crippen LogP contribution in [0.2, 0.25) is 5.02 Å². The van der Waals surface area contributed by atoms with Gasteiger partial charge in [-0.1, -0.05) is 11.6 Å². The van der Waals surface area contributed by atoms with Crippen molar-refractivity contribution in [2.75, 3.05) is 7.05 Å². The molecule has 0 fully saturated rings. The van der Waals surface area contributed by atoms with Crippen molar-refractivity contribution in [2.45, 2.75) is 38.1 Å². The van der Waals surface area contributed by atoms with Crippen LogP contribution in [0.4, 0.5) is 4.39 Å². The lowest BCUT2D eigenvalue weighted by Crippen LogP contribution is -2.18. The van der Waals surface area contributed by atoms with E-state index in [1.807, 2.05) is 18.4 Å². The molecule has 0 aliphatic heterocycles.